The molecule has 0 radical (unpaired) electrons. The quantitative estimate of drug-likeness (QED) is 0.169. The van der Waals surface area contributed by atoms with Crippen molar-refractivity contribution in [3.63, 3.8) is 0 Å². The molecular weight excluding hydrogens is 496 g/mol. The zero-order chi connectivity index (χ0) is 26.5. The molecule has 5 nitrogen and oxygen atoms in total. The first-order chi connectivity index (χ1) is 18.6. The number of hydrogen-bond donors (Lipinski definition) is 0. The Hall–Kier alpha value is -4.61. The summed E-state index contributed by atoms with van der Waals surface area (Å²) in [5.74, 6) is 1.64. The van der Waals surface area contributed by atoms with Crippen molar-refractivity contribution in [3.05, 3.63) is 131 Å². The summed E-state index contributed by atoms with van der Waals surface area (Å²) < 4.78 is 10.7. The second-order valence-corrected chi connectivity index (χ2v) is 8.98. The molecule has 0 N–H and O–H groups in total. The largest absolute Gasteiger partial charge is 0.497 e. The number of amides is 1. The molecule has 0 aliphatic rings. The van der Waals surface area contributed by atoms with Crippen LogP contribution in [-0.2, 0) is 0 Å². The van der Waals surface area contributed by atoms with Crippen molar-refractivity contribution in [2.45, 2.75) is 0 Å². The molecule has 0 saturated carbocycles. The van der Waals surface area contributed by atoms with Crippen LogP contribution < -0.4 is 14.4 Å². The van der Waals surface area contributed by atoms with Crippen LogP contribution in [0.4, 0.5) is 11.4 Å². The van der Waals surface area contributed by atoms with Gasteiger partial charge in [-0.25, -0.2) is 4.99 Å². The standard InChI is InChI=1S/C32H25ClN2O3/c1-37-29-17-13-27(14-18-29)34-31(23-9-11-26(33)12-10-23)35(28-15-19-30(38-2)20-16-28)32(36)25-8-7-22-5-3-4-6-24(22)21-25/h3-21H,1-2H3. The minimum atomic E-state index is -0.219. The molecule has 5 aromatic carbocycles. The van der Waals surface area contributed by atoms with E-state index in [9.17, 15) is 4.79 Å². The molecule has 0 aromatic heterocycles. The second kappa shape index (κ2) is 11.2. The summed E-state index contributed by atoms with van der Waals surface area (Å²) in [7, 11) is 3.22. The van der Waals surface area contributed by atoms with Gasteiger partial charge in [0.15, 0.2) is 0 Å². The summed E-state index contributed by atoms with van der Waals surface area (Å²) in [6.45, 7) is 0. The van der Waals surface area contributed by atoms with Crippen LogP contribution in [0.2, 0.25) is 5.02 Å². The Balaban J connectivity index is 1.70. The van der Waals surface area contributed by atoms with E-state index in [-0.39, 0.29) is 5.91 Å². The van der Waals surface area contributed by atoms with E-state index >= 15 is 0 Å². The van der Waals surface area contributed by atoms with Crippen molar-refractivity contribution in [3.8, 4) is 11.5 Å². The highest BCUT2D eigenvalue weighted by atomic mass is 35.5. The van der Waals surface area contributed by atoms with Gasteiger partial charge in [0.25, 0.3) is 5.91 Å². The van der Waals surface area contributed by atoms with Crippen molar-refractivity contribution >= 4 is 45.5 Å². The van der Waals surface area contributed by atoms with Gasteiger partial charge in [0.05, 0.1) is 25.6 Å². The molecule has 0 saturated heterocycles. The van der Waals surface area contributed by atoms with Gasteiger partial charge in [-0.05, 0) is 95.7 Å². The van der Waals surface area contributed by atoms with Gasteiger partial charge in [-0.15, -0.1) is 0 Å². The molecule has 0 fully saturated rings. The van der Waals surface area contributed by atoms with Gasteiger partial charge in [0, 0.05) is 16.1 Å². The van der Waals surface area contributed by atoms with Gasteiger partial charge < -0.3 is 9.47 Å². The smallest absolute Gasteiger partial charge is 0.264 e. The van der Waals surface area contributed by atoms with Gasteiger partial charge in [0.2, 0.25) is 0 Å². The Morgan fingerprint density at radius 3 is 1.89 bits per heavy atom. The maximum Gasteiger partial charge on any atom is 0.264 e. The van der Waals surface area contributed by atoms with Crippen molar-refractivity contribution < 1.29 is 14.3 Å². The molecule has 0 aliphatic carbocycles. The lowest BCUT2D eigenvalue weighted by molar-refractivity contribution is 0.100. The van der Waals surface area contributed by atoms with E-state index in [2.05, 4.69) is 0 Å². The topological polar surface area (TPSA) is 51.1 Å². The van der Waals surface area contributed by atoms with Crippen molar-refractivity contribution in [1.29, 1.82) is 0 Å². The number of methoxy groups -OCH3 is 2. The van der Waals surface area contributed by atoms with Crippen LogP contribution in [0.1, 0.15) is 15.9 Å². The minimum absolute atomic E-state index is 0.219. The number of benzene rings is 5. The highest BCUT2D eigenvalue weighted by Crippen LogP contribution is 2.28. The Morgan fingerprint density at radius 1 is 0.684 bits per heavy atom. The van der Waals surface area contributed by atoms with E-state index in [4.69, 9.17) is 26.1 Å². The Kier molecular flexibility index (Phi) is 7.38. The van der Waals surface area contributed by atoms with Gasteiger partial charge in [0.1, 0.15) is 17.3 Å². The fourth-order valence-electron chi connectivity index (χ4n) is 4.14. The summed E-state index contributed by atoms with van der Waals surface area (Å²) in [5.41, 5.74) is 2.58. The number of amidine groups is 1. The van der Waals surface area contributed by atoms with E-state index < -0.39 is 0 Å². The lowest BCUT2D eigenvalue weighted by Crippen LogP contribution is -2.37. The SMILES string of the molecule is COc1ccc(N=C(c2ccc(Cl)cc2)N(C(=O)c2ccc3ccccc3c2)c2ccc(OC)cc2)cc1. The number of fused-ring (bicyclic) bond motifs is 1. The van der Waals surface area contributed by atoms with Crippen molar-refractivity contribution in [2.24, 2.45) is 4.99 Å². The Bertz CT molecular complexity index is 1600. The number of hydrogen-bond acceptors (Lipinski definition) is 4. The van der Waals surface area contributed by atoms with Crippen LogP contribution >= 0.6 is 11.6 Å². The molecule has 5 rings (SSSR count). The Morgan fingerprint density at radius 2 is 1.26 bits per heavy atom. The molecule has 0 spiro atoms. The van der Waals surface area contributed by atoms with Crippen LogP contribution in [0.15, 0.2) is 120 Å². The van der Waals surface area contributed by atoms with Crippen LogP contribution in [0.5, 0.6) is 11.5 Å². The molecule has 0 aliphatic heterocycles. The molecule has 6 heteroatoms. The lowest BCUT2D eigenvalue weighted by Gasteiger charge is -2.25. The molecule has 188 valence electrons. The van der Waals surface area contributed by atoms with E-state index in [1.807, 2.05) is 103 Å². The molecule has 1 amide bonds. The molecule has 0 bridgehead atoms. The zero-order valence-corrected chi connectivity index (χ0v) is 21.7. The lowest BCUT2D eigenvalue weighted by atomic mass is 10.0. The van der Waals surface area contributed by atoms with E-state index in [0.717, 1.165) is 22.1 Å². The predicted molar refractivity (Wildman–Crippen MR) is 154 cm³/mol. The van der Waals surface area contributed by atoms with Gasteiger partial charge in [-0.1, -0.05) is 41.9 Å². The zero-order valence-electron chi connectivity index (χ0n) is 21.0. The number of halogens is 1. The first-order valence-corrected chi connectivity index (χ1v) is 12.4. The van der Waals surface area contributed by atoms with E-state index in [0.29, 0.717) is 33.5 Å². The summed E-state index contributed by atoms with van der Waals surface area (Å²) in [6, 6.07) is 35.6. The van der Waals surface area contributed by atoms with E-state index in [1.165, 1.54) is 0 Å². The summed E-state index contributed by atoms with van der Waals surface area (Å²) >= 11 is 6.21. The summed E-state index contributed by atoms with van der Waals surface area (Å²) in [4.78, 5) is 20.9. The fraction of sp³-hybridized carbons (Fsp3) is 0.0625. The average molecular weight is 521 g/mol. The van der Waals surface area contributed by atoms with Gasteiger partial charge in [-0.3, -0.25) is 9.69 Å². The van der Waals surface area contributed by atoms with E-state index in [1.54, 1.807) is 31.3 Å². The third-order valence-electron chi connectivity index (χ3n) is 6.15. The Labute approximate surface area is 226 Å². The number of ether oxygens (including phenoxy) is 2. The van der Waals surface area contributed by atoms with Crippen LogP contribution in [0.3, 0.4) is 0 Å². The maximum absolute atomic E-state index is 14.3. The molecule has 0 heterocycles. The first-order valence-electron chi connectivity index (χ1n) is 12.0. The third-order valence-corrected chi connectivity index (χ3v) is 6.40. The third kappa shape index (κ3) is 5.38. The molecule has 5 aromatic rings. The predicted octanol–water partition coefficient (Wildman–Crippen LogP) is 7.94. The van der Waals surface area contributed by atoms with Crippen molar-refractivity contribution in [1.82, 2.24) is 0 Å². The molecule has 38 heavy (non-hydrogen) atoms. The summed E-state index contributed by atoms with van der Waals surface area (Å²) in [6.07, 6.45) is 0. The van der Waals surface area contributed by atoms with Crippen molar-refractivity contribution in [2.75, 3.05) is 19.1 Å². The molecule has 0 unspecified atom stereocenters. The number of anilines is 1. The number of rotatable bonds is 6. The average Bonchev–Trinajstić information content (AvgIpc) is 2.97. The molecule has 0 atom stereocenters. The van der Waals surface area contributed by atoms with Gasteiger partial charge >= 0.3 is 0 Å². The van der Waals surface area contributed by atoms with Crippen LogP contribution in [-0.4, -0.2) is 26.0 Å². The number of aliphatic imine (C=N–C) groups is 1. The van der Waals surface area contributed by atoms with Crippen LogP contribution in [0.25, 0.3) is 10.8 Å². The second-order valence-electron chi connectivity index (χ2n) is 8.54. The number of nitrogens with zero attached hydrogens (tertiary/aromatic N) is 2. The number of carbonyl (C=O) groups is 1. The normalized spacial score (nSPS) is 11.3. The highest BCUT2D eigenvalue weighted by Gasteiger charge is 2.25. The highest BCUT2D eigenvalue weighted by molar-refractivity contribution is 6.31. The minimum Gasteiger partial charge on any atom is -0.497 e. The monoisotopic (exact) mass is 520 g/mol. The first kappa shape index (κ1) is 25.1. The maximum atomic E-state index is 14.3. The molecular formula is C32H25ClN2O3. The number of carbonyl (C=O) groups excluding carboxylic acids is 1. The fourth-order valence-corrected chi connectivity index (χ4v) is 4.27. The summed E-state index contributed by atoms with van der Waals surface area (Å²) in [5, 5.41) is 2.63. The van der Waals surface area contributed by atoms with Crippen LogP contribution in [0, 0.1) is 0 Å². The van der Waals surface area contributed by atoms with Gasteiger partial charge in [-0.2, -0.15) is 0 Å².